The number of hydrogen-bond donors (Lipinski definition) is 1. The molecular formula is C10H16N4OS. The molecule has 1 fully saturated rings. The van der Waals surface area contributed by atoms with E-state index >= 15 is 0 Å². The number of rotatable bonds is 3. The minimum absolute atomic E-state index is 0.465. The van der Waals surface area contributed by atoms with E-state index in [1.165, 1.54) is 6.42 Å². The van der Waals surface area contributed by atoms with Crippen molar-refractivity contribution in [3.63, 3.8) is 0 Å². The third-order valence-electron chi connectivity index (χ3n) is 2.45. The summed E-state index contributed by atoms with van der Waals surface area (Å²) in [5.74, 6) is 2.37. The Labute approximate surface area is 99.1 Å². The third kappa shape index (κ3) is 2.98. The van der Waals surface area contributed by atoms with E-state index < -0.39 is 0 Å². The predicted molar refractivity (Wildman–Crippen MR) is 64.5 cm³/mol. The van der Waals surface area contributed by atoms with Gasteiger partial charge >= 0.3 is 0 Å². The zero-order valence-electron chi connectivity index (χ0n) is 9.56. The first-order valence-corrected chi connectivity index (χ1v) is 6.49. The highest BCUT2D eigenvalue weighted by Gasteiger charge is 2.15. The van der Waals surface area contributed by atoms with Crippen LogP contribution < -0.4 is 5.32 Å². The van der Waals surface area contributed by atoms with Gasteiger partial charge in [-0.3, -0.25) is 4.99 Å². The maximum atomic E-state index is 5.00. The SMILES string of the molecule is CCC1CCSC(=NCc2nc(C)no2)N1. The van der Waals surface area contributed by atoms with Crippen LogP contribution in [0.1, 0.15) is 31.5 Å². The van der Waals surface area contributed by atoms with Gasteiger partial charge in [-0.15, -0.1) is 0 Å². The number of aliphatic imine (C=N–C) groups is 1. The maximum Gasteiger partial charge on any atom is 0.248 e. The summed E-state index contributed by atoms with van der Waals surface area (Å²) in [6, 6.07) is 0.560. The summed E-state index contributed by atoms with van der Waals surface area (Å²) in [6.45, 7) is 4.46. The zero-order valence-corrected chi connectivity index (χ0v) is 10.4. The van der Waals surface area contributed by atoms with Crippen LogP contribution in [0.2, 0.25) is 0 Å². The van der Waals surface area contributed by atoms with Crippen molar-refractivity contribution in [1.29, 1.82) is 0 Å². The number of hydrogen-bond acceptors (Lipinski definition) is 5. The average Bonchev–Trinajstić information content (AvgIpc) is 2.73. The van der Waals surface area contributed by atoms with E-state index in [0.717, 1.165) is 17.3 Å². The monoisotopic (exact) mass is 240 g/mol. The van der Waals surface area contributed by atoms with Gasteiger partial charge in [-0.25, -0.2) is 0 Å². The van der Waals surface area contributed by atoms with Crippen LogP contribution in [0.4, 0.5) is 0 Å². The van der Waals surface area contributed by atoms with Crippen LogP contribution in [0, 0.1) is 6.92 Å². The number of nitrogens with zero attached hydrogens (tertiary/aromatic N) is 3. The first kappa shape index (κ1) is 11.4. The molecule has 1 aromatic rings. The normalized spacial score (nSPS) is 23.4. The predicted octanol–water partition coefficient (Wildman–Crippen LogP) is 1.74. The highest BCUT2D eigenvalue weighted by Crippen LogP contribution is 2.16. The molecule has 0 saturated carbocycles. The zero-order chi connectivity index (χ0) is 11.4. The summed E-state index contributed by atoms with van der Waals surface area (Å²) >= 11 is 1.76. The van der Waals surface area contributed by atoms with E-state index in [-0.39, 0.29) is 0 Å². The second-order valence-electron chi connectivity index (χ2n) is 3.74. The van der Waals surface area contributed by atoms with Gasteiger partial charge in [-0.2, -0.15) is 4.98 Å². The van der Waals surface area contributed by atoms with Gasteiger partial charge in [0.15, 0.2) is 11.0 Å². The van der Waals surface area contributed by atoms with Crippen LogP contribution in [-0.2, 0) is 6.54 Å². The molecule has 1 atom stereocenters. The van der Waals surface area contributed by atoms with Crippen molar-refractivity contribution in [2.45, 2.75) is 39.3 Å². The van der Waals surface area contributed by atoms with E-state index in [1.807, 2.05) is 0 Å². The Hall–Kier alpha value is -1.04. The van der Waals surface area contributed by atoms with Crippen LogP contribution in [-0.4, -0.2) is 27.1 Å². The molecule has 1 aromatic heterocycles. The Kier molecular flexibility index (Phi) is 3.82. The highest BCUT2D eigenvalue weighted by atomic mass is 32.2. The molecule has 0 amide bonds. The molecule has 0 aliphatic carbocycles. The summed E-state index contributed by atoms with van der Waals surface area (Å²) < 4.78 is 5.00. The molecule has 0 aromatic carbocycles. The fourth-order valence-corrected chi connectivity index (χ4v) is 2.53. The summed E-state index contributed by atoms with van der Waals surface area (Å²) in [4.78, 5) is 8.55. The van der Waals surface area contributed by atoms with E-state index in [0.29, 0.717) is 24.3 Å². The first-order valence-electron chi connectivity index (χ1n) is 5.51. The quantitative estimate of drug-likeness (QED) is 0.872. The molecule has 1 aliphatic heterocycles. The number of aromatic nitrogens is 2. The topological polar surface area (TPSA) is 63.3 Å². The lowest BCUT2D eigenvalue weighted by molar-refractivity contribution is 0.376. The summed E-state index contributed by atoms with van der Waals surface area (Å²) in [7, 11) is 0. The van der Waals surface area contributed by atoms with Crippen LogP contribution in [0.3, 0.4) is 0 Å². The molecule has 1 saturated heterocycles. The van der Waals surface area contributed by atoms with Gasteiger partial charge in [0, 0.05) is 11.8 Å². The molecule has 0 radical (unpaired) electrons. The lowest BCUT2D eigenvalue weighted by Gasteiger charge is -2.23. The Morgan fingerprint density at radius 2 is 2.50 bits per heavy atom. The summed E-state index contributed by atoms with van der Waals surface area (Å²) in [5.41, 5.74) is 0. The average molecular weight is 240 g/mol. The molecule has 16 heavy (non-hydrogen) atoms. The minimum atomic E-state index is 0.465. The molecule has 1 aliphatic rings. The van der Waals surface area contributed by atoms with Crippen LogP contribution in [0.5, 0.6) is 0 Å². The van der Waals surface area contributed by atoms with E-state index in [2.05, 4.69) is 27.4 Å². The van der Waals surface area contributed by atoms with Crippen LogP contribution >= 0.6 is 11.8 Å². The fourth-order valence-electron chi connectivity index (χ4n) is 1.53. The molecular weight excluding hydrogens is 224 g/mol. The van der Waals surface area contributed by atoms with Crippen molar-refractivity contribution >= 4 is 16.9 Å². The van der Waals surface area contributed by atoms with Crippen molar-refractivity contribution in [1.82, 2.24) is 15.5 Å². The van der Waals surface area contributed by atoms with Gasteiger partial charge in [-0.05, 0) is 19.8 Å². The highest BCUT2D eigenvalue weighted by molar-refractivity contribution is 8.13. The van der Waals surface area contributed by atoms with E-state index in [4.69, 9.17) is 4.52 Å². The number of nitrogens with one attached hydrogen (secondary N) is 1. The van der Waals surface area contributed by atoms with Gasteiger partial charge in [0.2, 0.25) is 5.89 Å². The number of amidine groups is 1. The first-order chi connectivity index (χ1) is 7.78. The smallest absolute Gasteiger partial charge is 0.248 e. The van der Waals surface area contributed by atoms with Crippen molar-refractivity contribution in [3.05, 3.63) is 11.7 Å². The van der Waals surface area contributed by atoms with E-state index in [9.17, 15) is 0 Å². The summed E-state index contributed by atoms with van der Waals surface area (Å²) in [6.07, 6.45) is 2.35. The standard InChI is InChI=1S/C10H16N4OS/c1-3-8-4-5-16-10(13-8)11-6-9-12-7(2)14-15-9/h8H,3-6H2,1-2H3,(H,11,13). The molecule has 0 spiro atoms. The second-order valence-corrected chi connectivity index (χ2v) is 4.83. The van der Waals surface area contributed by atoms with Crippen molar-refractivity contribution < 1.29 is 4.52 Å². The molecule has 1 unspecified atom stereocenters. The van der Waals surface area contributed by atoms with Crippen molar-refractivity contribution in [3.8, 4) is 0 Å². The Morgan fingerprint density at radius 1 is 1.62 bits per heavy atom. The van der Waals surface area contributed by atoms with Crippen molar-refractivity contribution in [2.75, 3.05) is 5.75 Å². The Bertz CT molecular complexity index is 377. The maximum absolute atomic E-state index is 5.00. The summed E-state index contributed by atoms with van der Waals surface area (Å²) in [5, 5.41) is 8.13. The minimum Gasteiger partial charge on any atom is -0.362 e. The van der Waals surface area contributed by atoms with Gasteiger partial charge in [0.25, 0.3) is 0 Å². The van der Waals surface area contributed by atoms with Gasteiger partial charge < -0.3 is 9.84 Å². The fraction of sp³-hybridized carbons (Fsp3) is 0.700. The van der Waals surface area contributed by atoms with Crippen LogP contribution in [0.25, 0.3) is 0 Å². The van der Waals surface area contributed by atoms with E-state index in [1.54, 1.807) is 18.7 Å². The van der Waals surface area contributed by atoms with Gasteiger partial charge in [-0.1, -0.05) is 23.8 Å². The van der Waals surface area contributed by atoms with Gasteiger partial charge in [0.1, 0.15) is 6.54 Å². The van der Waals surface area contributed by atoms with Crippen LogP contribution in [0.15, 0.2) is 9.52 Å². The molecule has 6 heteroatoms. The Balaban J connectivity index is 1.91. The van der Waals surface area contributed by atoms with Crippen molar-refractivity contribution in [2.24, 2.45) is 4.99 Å². The molecule has 2 rings (SSSR count). The molecule has 2 heterocycles. The molecule has 88 valence electrons. The Morgan fingerprint density at radius 3 is 3.19 bits per heavy atom. The molecule has 0 bridgehead atoms. The number of aryl methyl sites for hydroxylation is 1. The molecule has 5 nitrogen and oxygen atoms in total. The number of thioether (sulfide) groups is 1. The van der Waals surface area contributed by atoms with Gasteiger partial charge in [0.05, 0.1) is 0 Å². The lowest BCUT2D eigenvalue weighted by Crippen LogP contribution is -2.37. The second kappa shape index (κ2) is 5.34. The largest absolute Gasteiger partial charge is 0.362 e. The lowest BCUT2D eigenvalue weighted by atomic mass is 10.2. The molecule has 1 N–H and O–H groups in total. The third-order valence-corrected chi connectivity index (χ3v) is 3.41.